The van der Waals surface area contributed by atoms with E-state index in [0.29, 0.717) is 11.3 Å². The summed E-state index contributed by atoms with van der Waals surface area (Å²) in [6.07, 6.45) is 2.33. The number of benzene rings is 1. The van der Waals surface area contributed by atoms with Crippen molar-refractivity contribution in [2.75, 3.05) is 11.5 Å². The highest BCUT2D eigenvalue weighted by atomic mass is 32.2. The number of rotatable bonds is 6. The second-order valence-corrected chi connectivity index (χ2v) is 4.48. The number of aromatic hydroxyl groups is 1. The summed E-state index contributed by atoms with van der Waals surface area (Å²) in [5.74, 6) is 1.91. The highest BCUT2D eigenvalue weighted by molar-refractivity contribution is 7.99. The van der Waals surface area contributed by atoms with Gasteiger partial charge in [-0.25, -0.2) is 0 Å². The third-order valence-corrected chi connectivity index (χ3v) is 3.11. The van der Waals surface area contributed by atoms with Gasteiger partial charge in [0.05, 0.1) is 5.75 Å². The van der Waals surface area contributed by atoms with Crippen molar-refractivity contribution < 1.29 is 9.90 Å². The lowest BCUT2D eigenvalue weighted by atomic mass is 10.1. The zero-order valence-corrected chi connectivity index (χ0v) is 9.72. The molecule has 0 bridgehead atoms. The molecule has 0 saturated heterocycles. The molecule has 0 unspecified atom stereocenters. The largest absolute Gasteiger partial charge is 0.508 e. The molecule has 0 aliphatic carbocycles. The van der Waals surface area contributed by atoms with Gasteiger partial charge in [0, 0.05) is 5.56 Å². The number of carbonyl (C=O) groups excluding carboxylic acids is 1. The summed E-state index contributed by atoms with van der Waals surface area (Å²) in [5.41, 5.74) is 0.678. The zero-order chi connectivity index (χ0) is 11.1. The number of unbranched alkanes of at least 4 members (excludes halogenated alkanes) is 1. The Bertz CT molecular complexity index is 306. The number of carbonyl (C=O) groups is 1. The molecular formula is C12H16O2S. The van der Waals surface area contributed by atoms with E-state index < -0.39 is 0 Å². The monoisotopic (exact) mass is 224 g/mol. The molecule has 1 aromatic rings. The minimum absolute atomic E-state index is 0.135. The smallest absolute Gasteiger partial charge is 0.172 e. The molecular weight excluding hydrogens is 208 g/mol. The van der Waals surface area contributed by atoms with E-state index in [-0.39, 0.29) is 11.5 Å². The van der Waals surface area contributed by atoms with Gasteiger partial charge in [-0.3, -0.25) is 4.79 Å². The normalized spacial score (nSPS) is 10.2. The van der Waals surface area contributed by atoms with Crippen LogP contribution in [-0.2, 0) is 0 Å². The fraction of sp³-hybridized carbons (Fsp3) is 0.417. The van der Waals surface area contributed by atoms with Crippen LogP contribution in [0.2, 0.25) is 0 Å². The average Bonchev–Trinajstić information content (AvgIpc) is 2.25. The van der Waals surface area contributed by atoms with E-state index in [1.54, 1.807) is 36.0 Å². The van der Waals surface area contributed by atoms with Gasteiger partial charge in [-0.1, -0.05) is 13.3 Å². The second-order valence-electron chi connectivity index (χ2n) is 3.38. The molecule has 82 valence electrons. The van der Waals surface area contributed by atoms with Crippen LogP contribution in [0.4, 0.5) is 0 Å². The SMILES string of the molecule is CCCCSCC(=O)c1ccc(O)cc1. The third-order valence-electron chi connectivity index (χ3n) is 2.06. The molecule has 0 amide bonds. The van der Waals surface area contributed by atoms with Gasteiger partial charge >= 0.3 is 0 Å². The van der Waals surface area contributed by atoms with Gasteiger partial charge in [0.1, 0.15) is 5.75 Å². The highest BCUT2D eigenvalue weighted by Gasteiger charge is 2.04. The maximum atomic E-state index is 11.6. The molecule has 1 rings (SSSR count). The van der Waals surface area contributed by atoms with Crippen LogP contribution in [0.1, 0.15) is 30.1 Å². The molecule has 1 N–H and O–H groups in total. The van der Waals surface area contributed by atoms with Crippen LogP contribution in [0.3, 0.4) is 0 Å². The average molecular weight is 224 g/mol. The number of hydrogen-bond donors (Lipinski definition) is 1. The summed E-state index contributed by atoms with van der Waals surface area (Å²) in [6.45, 7) is 2.14. The Kier molecular flexibility index (Phi) is 5.26. The maximum absolute atomic E-state index is 11.6. The van der Waals surface area contributed by atoms with Gasteiger partial charge in [-0.2, -0.15) is 11.8 Å². The molecule has 3 heteroatoms. The molecule has 0 aliphatic heterocycles. The van der Waals surface area contributed by atoms with Gasteiger partial charge in [0.25, 0.3) is 0 Å². The molecule has 2 nitrogen and oxygen atoms in total. The van der Waals surface area contributed by atoms with Gasteiger partial charge in [-0.05, 0) is 36.4 Å². The van der Waals surface area contributed by atoms with Gasteiger partial charge in [0.2, 0.25) is 0 Å². The van der Waals surface area contributed by atoms with E-state index >= 15 is 0 Å². The van der Waals surface area contributed by atoms with E-state index in [4.69, 9.17) is 5.11 Å². The van der Waals surface area contributed by atoms with Crippen molar-refractivity contribution in [1.82, 2.24) is 0 Å². The lowest BCUT2D eigenvalue weighted by Gasteiger charge is -2.01. The molecule has 0 fully saturated rings. The predicted molar refractivity (Wildman–Crippen MR) is 64.7 cm³/mol. The molecule has 0 heterocycles. The number of Topliss-reactive ketones (excluding diaryl/α,β-unsaturated/α-hetero) is 1. The topological polar surface area (TPSA) is 37.3 Å². The number of thioether (sulfide) groups is 1. The van der Waals surface area contributed by atoms with Crippen LogP contribution in [0.5, 0.6) is 5.75 Å². The van der Waals surface area contributed by atoms with Crippen molar-refractivity contribution in [1.29, 1.82) is 0 Å². The van der Waals surface area contributed by atoms with Gasteiger partial charge < -0.3 is 5.11 Å². The van der Waals surface area contributed by atoms with Gasteiger partial charge in [-0.15, -0.1) is 0 Å². The Balaban J connectivity index is 2.37. The van der Waals surface area contributed by atoms with Crippen LogP contribution in [0.25, 0.3) is 0 Å². The molecule has 0 aliphatic rings. The Hall–Kier alpha value is -0.960. The maximum Gasteiger partial charge on any atom is 0.172 e. The number of phenolic OH excluding ortho intramolecular Hbond substituents is 1. The minimum atomic E-state index is 0.135. The van der Waals surface area contributed by atoms with E-state index in [1.807, 2.05) is 0 Å². The Labute approximate surface area is 94.7 Å². The number of hydrogen-bond acceptors (Lipinski definition) is 3. The number of phenols is 1. The molecule has 0 aromatic heterocycles. The quantitative estimate of drug-likeness (QED) is 0.596. The fourth-order valence-electron chi connectivity index (χ4n) is 1.14. The summed E-state index contributed by atoms with van der Waals surface area (Å²) in [7, 11) is 0. The fourth-order valence-corrected chi connectivity index (χ4v) is 2.13. The van der Waals surface area contributed by atoms with Crippen molar-refractivity contribution >= 4 is 17.5 Å². The lowest BCUT2D eigenvalue weighted by Crippen LogP contribution is -2.02. The zero-order valence-electron chi connectivity index (χ0n) is 8.90. The summed E-state index contributed by atoms with van der Waals surface area (Å²) < 4.78 is 0. The first-order valence-electron chi connectivity index (χ1n) is 5.14. The molecule has 0 saturated carbocycles. The van der Waals surface area contributed by atoms with E-state index in [9.17, 15) is 4.79 Å². The molecule has 0 spiro atoms. The first-order chi connectivity index (χ1) is 7.24. The molecule has 15 heavy (non-hydrogen) atoms. The molecule has 0 radical (unpaired) electrons. The number of ketones is 1. The minimum Gasteiger partial charge on any atom is -0.508 e. The Morgan fingerprint density at radius 1 is 1.33 bits per heavy atom. The summed E-state index contributed by atoms with van der Waals surface area (Å²) in [4.78, 5) is 11.6. The third kappa shape index (κ3) is 4.38. The lowest BCUT2D eigenvalue weighted by molar-refractivity contribution is 0.102. The summed E-state index contributed by atoms with van der Waals surface area (Å²) >= 11 is 1.67. The van der Waals surface area contributed by atoms with Crippen LogP contribution in [0.15, 0.2) is 24.3 Å². The van der Waals surface area contributed by atoms with Crippen molar-refractivity contribution in [2.24, 2.45) is 0 Å². The first kappa shape index (κ1) is 12.1. The predicted octanol–water partition coefficient (Wildman–Crippen LogP) is 3.11. The van der Waals surface area contributed by atoms with Gasteiger partial charge in [0.15, 0.2) is 5.78 Å². The van der Waals surface area contributed by atoms with Crippen LogP contribution < -0.4 is 0 Å². The van der Waals surface area contributed by atoms with E-state index in [1.165, 1.54) is 6.42 Å². The summed E-state index contributed by atoms with van der Waals surface area (Å²) in [6, 6.07) is 6.42. The van der Waals surface area contributed by atoms with Crippen LogP contribution >= 0.6 is 11.8 Å². The van der Waals surface area contributed by atoms with E-state index in [0.717, 1.165) is 12.2 Å². The highest BCUT2D eigenvalue weighted by Crippen LogP contribution is 2.13. The Morgan fingerprint density at radius 2 is 2.00 bits per heavy atom. The van der Waals surface area contributed by atoms with Crippen molar-refractivity contribution in [3.63, 3.8) is 0 Å². The van der Waals surface area contributed by atoms with Crippen LogP contribution in [-0.4, -0.2) is 22.4 Å². The van der Waals surface area contributed by atoms with E-state index in [2.05, 4.69) is 6.92 Å². The van der Waals surface area contributed by atoms with Crippen LogP contribution in [0, 0.1) is 0 Å². The molecule has 1 aromatic carbocycles. The standard InChI is InChI=1S/C12H16O2S/c1-2-3-8-15-9-12(14)10-4-6-11(13)7-5-10/h4-7,13H,2-3,8-9H2,1H3. The van der Waals surface area contributed by atoms with Crippen molar-refractivity contribution in [3.8, 4) is 5.75 Å². The molecule has 0 atom stereocenters. The van der Waals surface area contributed by atoms with Crippen molar-refractivity contribution in [2.45, 2.75) is 19.8 Å². The van der Waals surface area contributed by atoms with Crippen molar-refractivity contribution in [3.05, 3.63) is 29.8 Å². The first-order valence-corrected chi connectivity index (χ1v) is 6.29. The Morgan fingerprint density at radius 3 is 2.60 bits per heavy atom. The summed E-state index contributed by atoms with van der Waals surface area (Å²) in [5, 5.41) is 9.07. The second kappa shape index (κ2) is 6.51.